The van der Waals surface area contributed by atoms with E-state index in [2.05, 4.69) is 0 Å². The number of carbonyl (C=O) groups is 2. The molecule has 0 saturated heterocycles. The van der Waals surface area contributed by atoms with Crippen molar-refractivity contribution in [2.75, 3.05) is 12.3 Å². The first kappa shape index (κ1) is 9.17. The number of hydrogen-bond acceptors (Lipinski definition) is 3. The van der Waals surface area contributed by atoms with Gasteiger partial charge in [0.2, 0.25) is 11.8 Å². The molecule has 10 heavy (non-hydrogen) atoms. The molecule has 0 radical (unpaired) electrons. The molecular weight excluding hydrogens is 155 g/mol. The van der Waals surface area contributed by atoms with E-state index in [-0.39, 0.29) is 12.3 Å². The first-order valence-corrected chi connectivity index (χ1v) is 4.43. The van der Waals surface area contributed by atoms with Crippen LogP contribution >= 0.6 is 7.80 Å². The average molecular weight is 164 g/mol. The molecule has 0 atom stereocenters. The van der Waals surface area contributed by atoms with Crippen LogP contribution in [0.5, 0.6) is 0 Å². The molecule has 0 fully saturated rings. The Morgan fingerprint density at radius 1 is 1.10 bits per heavy atom. The smallest absolute Gasteiger partial charge is 0.224 e. The van der Waals surface area contributed by atoms with Gasteiger partial charge in [-0.15, -0.1) is 0 Å². The van der Waals surface area contributed by atoms with Crippen molar-refractivity contribution in [1.29, 1.82) is 0 Å². The summed E-state index contributed by atoms with van der Waals surface area (Å²) < 4.78 is 10.6. The minimum absolute atomic E-state index is 0.229. The monoisotopic (exact) mass is 164 g/mol. The minimum atomic E-state index is -2.19. The van der Waals surface area contributed by atoms with E-state index in [1.807, 2.05) is 0 Å². The van der Waals surface area contributed by atoms with Crippen molar-refractivity contribution >= 4 is 19.6 Å². The third-order valence-corrected chi connectivity index (χ3v) is 2.23. The first-order valence-electron chi connectivity index (χ1n) is 2.60. The van der Waals surface area contributed by atoms with Crippen molar-refractivity contribution in [1.82, 2.24) is 0 Å². The van der Waals surface area contributed by atoms with E-state index in [4.69, 9.17) is 11.5 Å². The highest BCUT2D eigenvalue weighted by atomic mass is 31.1. The summed E-state index contributed by atoms with van der Waals surface area (Å²) in [5, 5.41) is 0. The highest BCUT2D eigenvalue weighted by Crippen LogP contribution is 2.17. The fraction of sp³-hybridized carbons (Fsp3) is 0.500. The average Bonchev–Trinajstić information content (AvgIpc) is 1.58. The van der Waals surface area contributed by atoms with Crippen molar-refractivity contribution in [3.05, 3.63) is 0 Å². The second-order valence-corrected chi connectivity index (χ2v) is 3.61. The number of carbonyl (C=O) groups excluding carboxylic acids is 2. The van der Waals surface area contributed by atoms with Crippen molar-refractivity contribution in [3.8, 4) is 0 Å². The zero-order valence-corrected chi connectivity index (χ0v) is 6.29. The van der Waals surface area contributed by atoms with E-state index in [1.165, 1.54) is 0 Å². The van der Waals surface area contributed by atoms with Gasteiger partial charge in [0.15, 0.2) is 0 Å². The van der Waals surface area contributed by atoms with Gasteiger partial charge in [-0.05, 0) is 0 Å². The van der Waals surface area contributed by atoms with Crippen molar-refractivity contribution < 1.29 is 14.2 Å². The summed E-state index contributed by atoms with van der Waals surface area (Å²) >= 11 is 0. The minimum Gasteiger partial charge on any atom is -0.369 e. The Kier molecular flexibility index (Phi) is 3.72. The molecule has 2 amide bonds. The normalized spacial score (nSPS) is 9.70. The summed E-state index contributed by atoms with van der Waals surface area (Å²) in [5.41, 5.74) is 9.41. The van der Waals surface area contributed by atoms with Crippen LogP contribution in [0.2, 0.25) is 0 Å². The Bertz CT molecular complexity index is 161. The summed E-state index contributed by atoms with van der Waals surface area (Å²) in [6, 6.07) is 0. The lowest BCUT2D eigenvalue weighted by Crippen LogP contribution is -2.18. The molecule has 58 valence electrons. The molecule has 0 aromatic carbocycles. The molecule has 0 spiro atoms. The topological polar surface area (TPSA) is 103 Å². The van der Waals surface area contributed by atoms with E-state index in [9.17, 15) is 14.2 Å². The van der Waals surface area contributed by atoms with Gasteiger partial charge in [0.1, 0.15) is 0 Å². The van der Waals surface area contributed by atoms with Crippen LogP contribution < -0.4 is 11.5 Å². The maximum absolute atomic E-state index is 10.6. The van der Waals surface area contributed by atoms with Crippen LogP contribution in [0.25, 0.3) is 0 Å². The van der Waals surface area contributed by atoms with Gasteiger partial charge in [0.25, 0.3) is 0 Å². The molecule has 6 heteroatoms. The molecule has 5 nitrogen and oxygen atoms in total. The van der Waals surface area contributed by atoms with Gasteiger partial charge in [-0.1, -0.05) is 0 Å². The molecule has 0 aliphatic rings. The fourth-order valence-corrected chi connectivity index (χ4v) is 1.35. The molecule has 4 N–H and O–H groups in total. The molecule has 0 saturated carbocycles. The van der Waals surface area contributed by atoms with Gasteiger partial charge in [0.05, 0.1) is 20.1 Å². The van der Waals surface area contributed by atoms with Gasteiger partial charge in [-0.25, -0.2) is 0 Å². The first-order chi connectivity index (χ1) is 4.52. The lowest BCUT2D eigenvalue weighted by Gasteiger charge is -1.92. The van der Waals surface area contributed by atoms with E-state index in [0.717, 1.165) is 0 Å². The van der Waals surface area contributed by atoms with Crippen molar-refractivity contribution in [3.63, 3.8) is 0 Å². The second-order valence-electron chi connectivity index (χ2n) is 1.82. The van der Waals surface area contributed by atoms with Crippen molar-refractivity contribution in [2.45, 2.75) is 0 Å². The molecule has 0 aromatic heterocycles. The molecule has 0 aliphatic carbocycles. The molecule has 0 heterocycles. The fourth-order valence-electron chi connectivity index (χ4n) is 0.451. The molecule has 0 unspecified atom stereocenters. The SMILES string of the molecule is NC(=O)C[PH](=O)CC(N)=O. The van der Waals surface area contributed by atoms with Crippen LogP contribution in [-0.2, 0) is 14.2 Å². The summed E-state index contributed by atoms with van der Waals surface area (Å²) in [7, 11) is -2.19. The summed E-state index contributed by atoms with van der Waals surface area (Å²) in [6.45, 7) is 0. The van der Waals surface area contributed by atoms with E-state index < -0.39 is 19.6 Å². The van der Waals surface area contributed by atoms with Crippen LogP contribution in [0, 0.1) is 0 Å². The molecule has 0 rings (SSSR count). The quantitative estimate of drug-likeness (QED) is 0.495. The summed E-state index contributed by atoms with van der Waals surface area (Å²) in [5.74, 6) is -1.32. The Labute approximate surface area is 58.5 Å². The Hall–Kier alpha value is -0.830. The Balaban J connectivity index is 3.65. The molecular formula is C4H9N2O3P. The number of nitrogens with two attached hydrogens (primary N) is 2. The third-order valence-electron chi connectivity index (χ3n) is 0.743. The summed E-state index contributed by atoms with van der Waals surface area (Å²) in [4.78, 5) is 20.2. The van der Waals surface area contributed by atoms with Crippen LogP contribution in [0.4, 0.5) is 0 Å². The zero-order chi connectivity index (χ0) is 8.15. The zero-order valence-electron chi connectivity index (χ0n) is 5.29. The van der Waals surface area contributed by atoms with Gasteiger partial charge >= 0.3 is 0 Å². The molecule has 0 bridgehead atoms. The van der Waals surface area contributed by atoms with E-state index in [1.54, 1.807) is 0 Å². The van der Waals surface area contributed by atoms with Gasteiger partial charge in [-0.2, -0.15) is 0 Å². The van der Waals surface area contributed by atoms with Crippen LogP contribution in [0.1, 0.15) is 0 Å². The Morgan fingerprint density at radius 2 is 1.40 bits per heavy atom. The van der Waals surface area contributed by atoms with Gasteiger partial charge < -0.3 is 16.0 Å². The second kappa shape index (κ2) is 4.06. The predicted octanol–water partition coefficient (Wildman–Crippen LogP) is -1.48. The maximum atomic E-state index is 10.6. The highest BCUT2D eigenvalue weighted by molar-refractivity contribution is 7.46. The number of hydrogen-bond donors (Lipinski definition) is 2. The lowest BCUT2D eigenvalue weighted by atomic mass is 10.7. The van der Waals surface area contributed by atoms with Gasteiger partial charge in [0, 0.05) is 0 Å². The van der Waals surface area contributed by atoms with Crippen LogP contribution in [0.15, 0.2) is 0 Å². The largest absolute Gasteiger partial charge is 0.369 e. The van der Waals surface area contributed by atoms with Crippen LogP contribution in [-0.4, -0.2) is 24.1 Å². The number of rotatable bonds is 4. The number of primary amides is 2. The maximum Gasteiger partial charge on any atom is 0.224 e. The third kappa shape index (κ3) is 5.31. The highest BCUT2D eigenvalue weighted by Gasteiger charge is 2.06. The Morgan fingerprint density at radius 3 is 1.60 bits per heavy atom. The summed E-state index contributed by atoms with van der Waals surface area (Å²) in [6.07, 6.45) is -0.457. The van der Waals surface area contributed by atoms with E-state index in [0.29, 0.717) is 0 Å². The lowest BCUT2D eigenvalue weighted by molar-refractivity contribution is -0.116. The van der Waals surface area contributed by atoms with Crippen LogP contribution in [0.3, 0.4) is 0 Å². The standard InChI is InChI=1S/C4H9N2O3P/c5-3(7)1-10(9)2-4(6)8/h10H,1-2H2,(H2,5,7)(H2,6,8). The number of amides is 2. The predicted molar refractivity (Wildman–Crippen MR) is 37.1 cm³/mol. The molecule has 0 aliphatic heterocycles. The van der Waals surface area contributed by atoms with E-state index >= 15 is 0 Å². The molecule has 0 aromatic rings. The van der Waals surface area contributed by atoms with Gasteiger partial charge in [-0.3, -0.25) is 9.59 Å². The van der Waals surface area contributed by atoms with Crippen molar-refractivity contribution in [2.24, 2.45) is 11.5 Å².